The number of carbonyl (C=O) groups is 2. The maximum Gasteiger partial charge on any atom is 0.261 e. The SMILES string of the molecule is COc1ccc(CNc2nc(CN3C(=O)c4ccccc4C3=O)nc3ccccc23)cc1. The lowest BCUT2D eigenvalue weighted by atomic mass is 10.1. The van der Waals surface area contributed by atoms with Gasteiger partial charge in [-0.1, -0.05) is 36.4 Å². The van der Waals surface area contributed by atoms with Gasteiger partial charge in [-0.25, -0.2) is 9.97 Å². The summed E-state index contributed by atoms with van der Waals surface area (Å²) in [4.78, 5) is 35.9. The van der Waals surface area contributed by atoms with Crippen LogP contribution in [-0.4, -0.2) is 33.8 Å². The third kappa shape index (κ3) is 3.54. The van der Waals surface area contributed by atoms with E-state index < -0.39 is 0 Å². The highest BCUT2D eigenvalue weighted by molar-refractivity contribution is 6.21. The van der Waals surface area contributed by atoms with Crippen molar-refractivity contribution in [1.29, 1.82) is 0 Å². The summed E-state index contributed by atoms with van der Waals surface area (Å²) in [6, 6.07) is 22.3. The van der Waals surface area contributed by atoms with E-state index in [-0.39, 0.29) is 18.4 Å². The molecule has 5 rings (SSSR count). The maximum atomic E-state index is 12.7. The Morgan fingerprint density at radius 1 is 0.844 bits per heavy atom. The number of anilines is 1. The number of carbonyl (C=O) groups excluding carboxylic acids is 2. The molecule has 1 aromatic heterocycles. The number of rotatable bonds is 6. The minimum absolute atomic E-state index is 0.00833. The fourth-order valence-electron chi connectivity index (χ4n) is 3.78. The van der Waals surface area contributed by atoms with Gasteiger partial charge in [0.05, 0.1) is 30.3 Å². The monoisotopic (exact) mass is 424 g/mol. The summed E-state index contributed by atoms with van der Waals surface area (Å²) in [6.07, 6.45) is 0. The average Bonchev–Trinajstić information content (AvgIpc) is 3.08. The highest BCUT2D eigenvalue weighted by Gasteiger charge is 2.35. The van der Waals surface area contributed by atoms with Crippen molar-refractivity contribution in [2.45, 2.75) is 13.1 Å². The van der Waals surface area contributed by atoms with Gasteiger partial charge in [0.25, 0.3) is 11.8 Å². The predicted molar refractivity (Wildman–Crippen MR) is 121 cm³/mol. The number of amides is 2. The highest BCUT2D eigenvalue weighted by Crippen LogP contribution is 2.26. The molecule has 32 heavy (non-hydrogen) atoms. The average molecular weight is 424 g/mol. The Morgan fingerprint density at radius 2 is 1.50 bits per heavy atom. The molecule has 0 radical (unpaired) electrons. The molecule has 0 bridgehead atoms. The van der Waals surface area contributed by atoms with Crippen LogP contribution in [0.3, 0.4) is 0 Å². The molecule has 0 fully saturated rings. The van der Waals surface area contributed by atoms with Crippen molar-refractivity contribution in [1.82, 2.24) is 14.9 Å². The van der Waals surface area contributed by atoms with Crippen LogP contribution in [0, 0.1) is 0 Å². The first-order valence-corrected chi connectivity index (χ1v) is 10.2. The Bertz CT molecular complexity index is 1300. The van der Waals surface area contributed by atoms with E-state index in [0.29, 0.717) is 29.3 Å². The van der Waals surface area contributed by atoms with Gasteiger partial charge in [-0.15, -0.1) is 0 Å². The molecule has 0 saturated carbocycles. The van der Waals surface area contributed by atoms with Gasteiger partial charge in [0.15, 0.2) is 5.82 Å². The predicted octanol–water partition coefficient (Wildman–Crippen LogP) is 4.05. The third-order valence-electron chi connectivity index (χ3n) is 5.45. The number of nitrogens with one attached hydrogen (secondary N) is 1. The number of hydrogen-bond acceptors (Lipinski definition) is 6. The van der Waals surface area contributed by atoms with Gasteiger partial charge in [-0.05, 0) is 42.0 Å². The molecule has 0 saturated heterocycles. The first-order chi connectivity index (χ1) is 15.6. The molecule has 3 aromatic carbocycles. The molecule has 0 aliphatic carbocycles. The minimum atomic E-state index is -0.324. The van der Waals surface area contributed by atoms with E-state index in [2.05, 4.69) is 15.3 Å². The first-order valence-electron chi connectivity index (χ1n) is 10.2. The molecule has 1 N–H and O–H groups in total. The van der Waals surface area contributed by atoms with E-state index in [0.717, 1.165) is 22.2 Å². The molecule has 1 aliphatic rings. The lowest BCUT2D eigenvalue weighted by molar-refractivity contribution is 0.0638. The second-order valence-corrected chi connectivity index (χ2v) is 7.45. The van der Waals surface area contributed by atoms with Crippen LogP contribution in [0.25, 0.3) is 10.9 Å². The van der Waals surface area contributed by atoms with Gasteiger partial charge >= 0.3 is 0 Å². The number of nitrogens with zero attached hydrogens (tertiary/aromatic N) is 3. The fourth-order valence-corrected chi connectivity index (χ4v) is 3.78. The summed E-state index contributed by atoms with van der Waals surface area (Å²) >= 11 is 0. The van der Waals surface area contributed by atoms with Crippen molar-refractivity contribution in [2.24, 2.45) is 0 Å². The molecule has 2 amide bonds. The zero-order valence-electron chi connectivity index (χ0n) is 17.4. The van der Waals surface area contributed by atoms with Gasteiger partial charge in [-0.2, -0.15) is 0 Å². The van der Waals surface area contributed by atoms with Crippen LogP contribution in [-0.2, 0) is 13.1 Å². The van der Waals surface area contributed by atoms with Crippen molar-refractivity contribution in [3.63, 3.8) is 0 Å². The lowest BCUT2D eigenvalue weighted by Crippen LogP contribution is -2.30. The number of fused-ring (bicyclic) bond motifs is 2. The molecule has 0 atom stereocenters. The molecule has 0 spiro atoms. The van der Waals surface area contributed by atoms with Crippen molar-refractivity contribution in [2.75, 3.05) is 12.4 Å². The first kappa shape index (κ1) is 19.7. The minimum Gasteiger partial charge on any atom is -0.497 e. The van der Waals surface area contributed by atoms with E-state index in [4.69, 9.17) is 4.74 Å². The number of aromatic nitrogens is 2. The van der Waals surface area contributed by atoms with Crippen LogP contribution in [0.1, 0.15) is 32.1 Å². The van der Waals surface area contributed by atoms with Crippen LogP contribution in [0.2, 0.25) is 0 Å². The van der Waals surface area contributed by atoms with Gasteiger partial charge < -0.3 is 10.1 Å². The summed E-state index contributed by atoms with van der Waals surface area (Å²) in [5.41, 5.74) is 2.63. The molecule has 7 heteroatoms. The van der Waals surface area contributed by atoms with E-state index >= 15 is 0 Å². The molecule has 1 aliphatic heterocycles. The quantitative estimate of drug-likeness (QED) is 0.470. The normalized spacial score (nSPS) is 12.8. The molecule has 158 valence electrons. The summed E-state index contributed by atoms with van der Waals surface area (Å²) in [6.45, 7) is 0.561. The summed E-state index contributed by atoms with van der Waals surface area (Å²) in [7, 11) is 1.64. The molecular weight excluding hydrogens is 404 g/mol. The van der Waals surface area contributed by atoms with E-state index in [9.17, 15) is 9.59 Å². The Hall–Kier alpha value is -4.26. The number of methoxy groups -OCH3 is 1. The summed E-state index contributed by atoms with van der Waals surface area (Å²) < 4.78 is 5.21. The molecule has 2 heterocycles. The summed E-state index contributed by atoms with van der Waals surface area (Å²) in [5.74, 6) is 1.20. The molecular formula is C25H20N4O3. The Kier molecular flexibility index (Phi) is 4.99. The number of hydrogen-bond donors (Lipinski definition) is 1. The largest absolute Gasteiger partial charge is 0.497 e. The van der Waals surface area contributed by atoms with E-state index in [1.165, 1.54) is 4.90 Å². The lowest BCUT2D eigenvalue weighted by Gasteiger charge is -2.15. The Morgan fingerprint density at radius 3 is 2.19 bits per heavy atom. The third-order valence-corrected chi connectivity index (χ3v) is 5.45. The van der Waals surface area contributed by atoms with Crippen LogP contribution < -0.4 is 10.1 Å². The van der Waals surface area contributed by atoms with Crippen molar-refractivity contribution in [3.05, 3.63) is 95.3 Å². The molecule has 4 aromatic rings. The fraction of sp³-hybridized carbons (Fsp3) is 0.120. The molecule has 0 unspecified atom stereocenters. The van der Waals surface area contributed by atoms with Gasteiger partial charge in [-0.3, -0.25) is 14.5 Å². The Balaban J connectivity index is 1.43. The second kappa shape index (κ2) is 8.11. The van der Waals surface area contributed by atoms with Crippen LogP contribution in [0.4, 0.5) is 5.82 Å². The standard InChI is InChI=1S/C25H20N4O3/c1-32-17-12-10-16(11-13-17)14-26-23-20-8-4-5-9-21(20)27-22(28-23)15-29-24(30)18-6-2-3-7-19(18)25(29)31/h2-13H,14-15H2,1H3,(H,26,27,28). The van der Waals surface area contributed by atoms with Gasteiger partial charge in [0.1, 0.15) is 11.6 Å². The van der Waals surface area contributed by atoms with Crippen LogP contribution >= 0.6 is 0 Å². The number of para-hydroxylation sites is 1. The van der Waals surface area contributed by atoms with Crippen molar-refractivity contribution in [3.8, 4) is 5.75 Å². The van der Waals surface area contributed by atoms with E-state index in [1.807, 2.05) is 48.5 Å². The highest BCUT2D eigenvalue weighted by atomic mass is 16.5. The maximum absolute atomic E-state index is 12.7. The van der Waals surface area contributed by atoms with Gasteiger partial charge in [0.2, 0.25) is 0 Å². The number of imide groups is 1. The van der Waals surface area contributed by atoms with E-state index in [1.54, 1.807) is 31.4 Å². The van der Waals surface area contributed by atoms with Crippen molar-refractivity contribution < 1.29 is 14.3 Å². The Labute approximate surface area is 184 Å². The second-order valence-electron chi connectivity index (χ2n) is 7.45. The zero-order valence-corrected chi connectivity index (χ0v) is 17.4. The van der Waals surface area contributed by atoms with Gasteiger partial charge in [0, 0.05) is 11.9 Å². The smallest absolute Gasteiger partial charge is 0.261 e. The van der Waals surface area contributed by atoms with Crippen molar-refractivity contribution >= 4 is 28.5 Å². The zero-order chi connectivity index (χ0) is 22.1. The number of ether oxygens (including phenoxy) is 1. The molecule has 7 nitrogen and oxygen atoms in total. The van der Waals surface area contributed by atoms with Crippen LogP contribution in [0.15, 0.2) is 72.8 Å². The summed E-state index contributed by atoms with van der Waals surface area (Å²) in [5, 5.41) is 4.23. The number of benzene rings is 3. The topological polar surface area (TPSA) is 84.4 Å². The van der Waals surface area contributed by atoms with Crippen LogP contribution in [0.5, 0.6) is 5.75 Å².